The van der Waals surface area contributed by atoms with E-state index in [4.69, 9.17) is 4.74 Å². The van der Waals surface area contributed by atoms with E-state index in [1.165, 1.54) is 5.69 Å². The molecular formula is C20H29N5O2. The molecule has 1 saturated heterocycles. The predicted octanol–water partition coefficient (Wildman–Crippen LogP) is 1.93. The highest BCUT2D eigenvalue weighted by atomic mass is 16.5. The quantitative estimate of drug-likeness (QED) is 0.822. The van der Waals surface area contributed by atoms with Crippen molar-refractivity contribution in [3.8, 4) is 0 Å². The third kappa shape index (κ3) is 3.84. The van der Waals surface area contributed by atoms with Crippen LogP contribution in [0.5, 0.6) is 0 Å². The molecule has 2 aromatic heterocycles. The number of rotatable bonds is 4. The molecule has 2 aromatic rings. The van der Waals surface area contributed by atoms with E-state index in [-0.39, 0.29) is 11.0 Å². The second kappa shape index (κ2) is 7.20. The van der Waals surface area contributed by atoms with E-state index in [1.807, 2.05) is 12.3 Å². The van der Waals surface area contributed by atoms with Gasteiger partial charge in [0.1, 0.15) is 12.4 Å². The average Bonchev–Trinajstić information content (AvgIpc) is 3.24. The summed E-state index contributed by atoms with van der Waals surface area (Å²) in [6, 6.07) is 3.84. The molecule has 1 unspecified atom stereocenters. The molecule has 2 aliphatic rings. The Bertz CT molecular complexity index is 864. The van der Waals surface area contributed by atoms with Crippen LogP contribution in [0.3, 0.4) is 0 Å². The van der Waals surface area contributed by atoms with Crippen molar-refractivity contribution in [1.82, 2.24) is 24.2 Å². The SMILES string of the molecule is CC(C)(C)c1ccc(=O)n(CC2CCCN2Cc2cnc3n2CCOC3)n1. The fourth-order valence-corrected chi connectivity index (χ4v) is 3.98. The van der Waals surface area contributed by atoms with E-state index in [0.717, 1.165) is 50.6 Å². The average molecular weight is 371 g/mol. The number of imidazole rings is 1. The van der Waals surface area contributed by atoms with Gasteiger partial charge < -0.3 is 9.30 Å². The summed E-state index contributed by atoms with van der Waals surface area (Å²) < 4.78 is 9.43. The molecule has 1 fully saturated rings. The van der Waals surface area contributed by atoms with Crippen LogP contribution < -0.4 is 5.56 Å². The molecular weight excluding hydrogens is 342 g/mol. The number of aromatic nitrogens is 4. The van der Waals surface area contributed by atoms with Crippen LogP contribution in [-0.4, -0.2) is 43.4 Å². The summed E-state index contributed by atoms with van der Waals surface area (Å²) in [6.07, 6.45) is 4.23. The molecule has 0 amide bonds. The van der Waals surface area contributed by atoms with Crippen molar-refractivity contribution in [3.63, 3.8) is 0 Å². The first-order valence-electron chi connectivity index (χ1n) is 9.85. The molecule has 0 aromatic carbocycles. The fraction of sp³-hybridized carbons (Fsp3) is 0.650. The smallest absolute Gasteiger partial charge is 0.266 e. The third-order valence-corrected chi connectivity index (χ3v) is 5.59. The number of fused-ring (bicyclic) bond motifs is 1. The van der Waals surface area contributed by atoms with Gasteiger partial charge in [-0.25, -0.2) is 9.67 Å². The highest BCUT2D eigenvalue weighted by Gasteiger charge is 2.28. The van der Waals surface area contributed by atoms with Crippen LogP contribution in [0.25, 0.3) is 0 Å². The van der Waals surface area contributed by atoms with Crippen LogP contribution in [0.2, 0.25) is 0 Å². The highest BCUT2D eigenvalue weighted by Crippen LogP contribution is 2.23. The summed E-state index contributed by atoms with van der Waals surface area (Å²) >= 11 is 0. The van der Waals surface area contributed by atoms with Crippen LogP contribution in [0.4, 0.5) is 0 Å². The van der Waals surface area contributed by atoms with E-state index in [2.05, 4.69) is 40.3 Å². The van der Waals surface area contributed by atoms with Gasteiger partial charge >= 0.3 is 0 Å². The largest absolute Gasteiger partial charge is 0.372 e. The van der Waals surface area contributed by atoms with Crippen LogP contribution >= 0.6 is 0 Å². The van der Waals surface area contributed by atoms with Gasteiger partial charge in [0.15, 0.2) is 0 Å². The third-order valence-electron chi connectivity index (χ3n) is 5.59. The van der Waals surface area contributed by atoms with Gasteiger partial charge in [0.25, 0.3) is 5.56 Å². The van der Waals surface area contributed by atoms with Gasteiger partial charge in [0, 0.05) is 36.8 Å². The minimum Gasteiger partial charge on any atom is -0.372 e. The van der Waals surface area contributed by atoms with Crippen molar-refractivity contribution in [2.45, 2.75) is 71.3 Å². The lowest BCUT2D eigenvalue weighted by atomic mass is 9.92. The molecule has 0 bridgehead atoms. The van der Waals surface area contributed by atoms with E-state index < -0.39 is 0 Å². The Labute approximate surface area is 160 Å². The Kier molecular flexibility index (Phi) is 4.90. The van der Waals surface area contributed by atoms with Crippen LogP contribution in [0.1, 0.15) is 50.8 Å². The minimum absolute atomic E-state index is 0.0197. The van der Waals surface area contributed by atoms with Crippen molar-refractivity contribution in [2.75, 3.05) is 13.2 Å². The molecule has 1 atom stereocenters. The van der Waals surface area contributed by atoms with Crippen LogP contribution in [0, 0.1) is 0 Å². The summed E-state index contributed by atoms with van der Waals surface area (Å²) in [5.74, 6) is 1.02. The number of nitrogens with zero attached hydrogens (tertiary/aromatic N) is 5. The lowest BCUT2D eigenvalue weighted by molar-refractivity contribution is 0.0793. The van der Waals surface area contributed by atoms with E-state index >= 15 is 0 Å². The standard InChI is InChI=1S/C20H29N5O2/c1-20(2,3)17-6-7-19(26)25(22-17)13-15-5-4-8-23(15)12-16-11-21-18-14-27-10-9-24(16)18/h6-7,11,15H,4-5,8-10,12-14H2,1-3H3. The summed E-state index contributed by atoms with van der Waals surface area (Å²) in [5, 5.41) is 4.65. The summed E-state index contributed by atoms with van der Waals surface area (Å²) in [6.45, 7) is 11.2. The molecule has 0 radical (unpaired) electrons. The number of hydrogen-bond acceptors (Lipinski definition) is 5. The molecule has 146 valence electrons. The molecule has 4 heterocycles. The molecule has 0 N–H and O–H groups in total. The Morgan fingerprint density at radius 3 is 2.93 bits per heavy atom. The van der Waals surface area contributed by atoms with Crippen LogP contribution in [-0.2, 0) is 36.4 Å². The van der Waals surface area contributed by atoms with E-state index in [1.54, 1.807) is 10.7 Å². The van der Waals surface area contributed by atoms with Gasteiger partial charge in [-0.3, -0.25) is 9.69 Å². The second-order valence-corrected chi connectivity index (χ2v) is 8.63. The van der Waals surface area contributed by atoms with Gasteiger partial charge in [0.2, 0.25) is 0 Å². The number of hydrogen-bond donors (Lipinski definition) is 0. The molecule has 7 heteroatoms. The highest BCUT2D eigenvalue weighted by molar-refractivity contribution is 5.11. The predicted molar refractivity (Wildman–Crippen MR) is 103 cm³/mol. The maximum absolute atomic E-state index is 12.4. The number of ether oxygens (including phenoxy) is 1. The molecule has 2 aliphatic heterocycles. The van der Waals surface area contributed by atoms with Gasteiger partial charge in [-0.2, -0.15) is 5.10 Å². The zero-order chi connectivity index (χ0) is 19.0. The maximum Gasteiger partial charge on any atom is 0.266 e. The zero-order valence-electron chi connectivity index (χ0n) is 16.5. The Morgan fingerprint density at radius 1 is 1.26 bits per heavy atom. The molecule has 0 spiro atoms. The summed E-state index contributed by atoms with van der Waals surface area (Å²) in [7, 11) is 0. The van der Waals surface area contributed by atoms with Crippen molar-refractivity contribution in [2.24, 2.45) is 0 Å². The first kappa shape index (κ1) is 18.4. The van der Waals surface area contributed by atoms with Gasteiger partial charge in [-0.1, -0.05) is 20.8 Å². The van der Waals surface area contributed by atoms with E-state index in [0.29, 0.717) is 19.2 Å². The van der Waals surface area contributed by atoms with Crippen molar-refractivity contribution in [3.05, 3.63) is 45.9 Å². The Morgan fingerprint density at radius 2 is 2.11 bits per heavy atom. The van der Waals surface area contributed by atoms with Gasteiger partial charge in [-0.05, 0) is 25.5 Å². The number of likely N-dealkylation sites (tertiary alicyclic amines) is 1. The summed E-state index contributed by atoms with van der Waals surface area (Å²) in [4.78, 5) is 19.3. The van der Waals surface area contributed by atoms with Crippen molar-refractivity contribution < 1.29 is 4.74 Å². The lowest BCUT2D eigenvalue weighted by Gasteiger charge is -2.26. The minimum atomic E-state index is -0.0659. The second-order valence-electron chi connectivity index (χ2n) is 8.63. The maximum atomic E-state index is 12.4. The lowest BCUT2D eigenvalue weighted by Crippen LogP contribution is -2.38. The van der Waals surface area contributed by atoms with Gasteiger partial charge in [-0.15, -0.1) is 0 Å². The first-order chi connectivity index (χ1) is 12.9. The fourth-order valence-electron chi connectivity index (χ4n) is 3.98. The van der Waals surface area contributed by atoms with E-state index in [9.17, 15) is 4.79 Å². The van der Waals surface area contributed by atoms with Crippen LogP contribution in [0.15, 0.2) is 23.1 Å². The molecule has 0 saturated carbocycles. The van der Waals surface area contributed by atoms with Gasteiger partial charge in [0.05, 0.1) is 24.5 Å². The van der Waals surface area contributed by atoms with Crippen molar-refractivity contribution >= 4 is 0 Å². The molecule has 7 nitrogen and oxygen atoms in total. The first-order valence-corrected chi connectivity index (χ1v) is 9.85. The Balaban J connectivity index is 1.51. The monoisotopic (exact) mass is 371 g/mol. The molecule has 4 rings (SSSR count). The Hall–Kier alpha value is -1.99. The molecule has 0 aliphatic carbocycles. The zero-order valence-corrected chi connectivity index (χ0v) is 16.5. The normalized spacial score (nSPS) is 20.8. The summed E-state index contributed by atoms with van der Waals surface area (Å²) in [5.41, 5.74) is 2.11. The molecule has 27 heavy (non-hydrogen) atoms. The van der Waals surface area contributed by atoms with Crippen molar-refractivity contribution in [1.29, 1.82) is 0 Å². The topological polar surface area (TPSA) is 65.2 Å².